The molecule has 0 aromatic heterocycles. The van der Waals surface area contributed by atoms with E-state index < -0.39 is 36.4 Å². The van der Waals surface area contributed by atoms with E-state index in [1.165, 1.54) is 0 Å². The van der Waals surface area contributed by atoms with Crippen LogP contribution in [0.15, 0.2) is 0 Å². The van der Waals surface area contributed by atoms with Gasteiger partial charge in [-0.05, 0) is 6.92 Å². The van der Waals surface area contributed by atoms with Gasteiger partial charge < -0.3 is 5.73 Å². The van der Waals surface area contributed by atoms with Crippen molar-refractivity contribution in [1.82, 2.24) is 5.06 Å². The van der Waals surface area contributed by atoms with Crippen LogP contribution in [-0.4, -0.2) is 41.5 Å². The predicted octanol–water partition coefficient (Wildman–Crippen LogP) is 0.971. The van der Waals surface area contributed by atoms with Crippen molar-refractivity contribution < 1.29 is 36.0 Å². The zero-order valence-electron chi connectivity index (χ0n) is 8.39. The lowest BCUT2D eigenvalue weighted by molar-refractivity contribution is -0.310. The fourth-order valence-electron chi connectivity index (χ4n) is 1.17. The first-order chi connectivity index (χ1) is 7.43. The van der Waals surface area contributed by atoms with Crippen LogP contribution in [-0.2, 0) is 9.63 Å². The molecule has 0 aliphatic carbocycles. The molecule has 1 amide bonds. The van der Waals surface area contributed by atoms with Gasteiger partial charge in [0.15, 0.2) is 6.10 Å². The summed E-state index contributed by atoms with van der Waals surface area (Å²) in [6.45, 7) is -0.449. The van der Waals surface area contributed by atoms with Crippen LogP contribution in [0, 0.1) is 0 Å². The number of carbonyl (C=O) groups excluding carboxylic acids is 1. The number of hydrogen-bond acceptors (Lipinski definition) is 3. The van der Waals surface area contributed by atoms with Crippen molar-refractivity contribution in [3.63, 3.8) is 0 Å². The van der Waals surface area contributed by atoms with Crippen molar-refractivity contribution in [1.29, 1.82) is 0 Å². The molecule has 4 nitrogen and oxygen atoms in total. The Morgan fingerprint density at radius 3 is 1.94 bits per heavy atom. The minimum atomic E-state index is -5.54. The number of hydrogen-bond donors (Lipinski definition) is 1. The van der Waals surface area contributed by atoms with Gasteiger partial charge in [0.2, 0.25) is 5.91 Å². The fourth-order valence-corrected chi connectivity index (χ4v) is 1.17. The number of hydroxylamine groups is 2. The Hall–Kier alpha value is -1.03. The second kappa shape index (κ2) is 3.73. The summed E-state index contributed by atoms with van der Waals surface area (Å²) in [5.41, 5.74) is 0.628. The van der Waals surface area contributed by atoms with Gasteiger partial charge in [-0.2, -0.15) is 31.4 Å². The molecule has 0 saturated carbocycles. The smallest absolute Gasteiger partial charge is 0.367 e. The van der Waals surface area contributed by atoms with Gasteiger partial charge >= 0.3 is 12.4 Å². The van der Waals surface area contributed by atoms with Gasteiger partial charge in [-0.3, -0.25) is 9.63 Å². The average Bonchev–Trinajstić information content (AvgIpc) is 2.77. The van der Waals surface area contributed by atoms with Crippen molar-refractivity contribution in [3.05, 3.63) is 0 Å². The zero-order valence-corrected chi connectivity index (χ0v) is 8.39. The van der Waals surface area contributed by atoms with Crippen molar-refractivity contribution >= 4 is 5.91 Å². The Kier molecular flexibility index (Phi) is 3.08. The van der Waals surface area contributed by atoms with E-state index >= 15 is 0 Å². The molecule has 1 unspecified atom stereocenters. The van der Waals surface area contributed by atoms with Crippen LogP contribution < -0.4 is 5.73 Å². The summed E-state index contributed by atoms with van der Waals surface area (Å²) < 4.78 is 74.0. The first-order valence-corrected chi connectivity index (χ1v) is 4.30. The van der Waals surface area contributed by atoms with Gasteiger partial charge in [-0.1, -0.05) is 0 Å². The number of carbonyl (C=O) groups is 1. The molecule has 0 aromatic rings. The highest BCUT2D eigenvalue weighted by Crippen LogP contribution is 2.56. The number of nitrogens with zero attached hydrogens (tertiary/aromatic N) is 1. The van der Waals surface area contributed by atoms with Crippen LogP contribution in [0.25, 0.3) is 0 Å². The summed E-state index contributed by atoms with van der Waals surface area (Å²) in [6.07, 6.45) is -12.6. The maximum Gasteiger partial charge on any atom is 0.419 e. The van der Waals surface area contributed by atoms with Gasteiger partial charge in [-0.25, -0.2) is 0 Å². The number of rotatable bonds is 3. The van der Waals surface area contributed by atoms with E-state index in [9.17, 15) is 31.1 Å². The van der Waals surface area contributed by atoms with Gasteiger partial charge in [0, 0.05) is 0 Å². The molecule has 0 bridgehead atoms. The topological polar surface area (TPSA) is 55.3 Å². The molecule has 1 heterocycles. The van der Waals surface area contributed by atoms with E-state index in [4.69, 9.17) is 0 Å². The maximum atomic E-state index is 12.3. The first-order valence-electron chi connectivity index (χ1n) is 4.30. The molecule has 10 heteroatoms. The minimum Gasteiger partial charge on any atom is -0.367 e. The Morgan fingerprint density at radius 1 is 1.29 bits per heavy atom. The molecule has 1 aliphatic rings. The SMILES string of the molecule is C[C@@H](ON1CC1(C(F)(F)F)C(F)(F)F)C(N)=O. The minimum absolute atomic E-state index is 0.331. The number of alkyl halides is 6. The third-order valence-electron chi connectivity index (χ3n) is 2.32. The average molecular weight is 266 g/mol. The summed E-state index contributed by atoms with van der Waals surface area (Å²) in [4.78, 5) is 14.7. The van der Waals surface area contributed by atoms with Crippen LogP contribution in [0.4, 0.5) is 26.3 Å². The van der Waals surface area contributed by atoms with Crippen molar-refractivity contribution in [2.75, 3.05) is 6.54 Å². The Labute approximate surface area is 91.2 Å². The summed E-state index contributed by atoms with van der Waals surface area (Å²) in [5.74, 6) is -1.16. The van der Waals surface area contributed by atoms with Crippen LogP contribution in [0.2, 0.25) is 0 Å². The summed E-state index contributed by atoms with van der Waals surface area (Å²) in [7, 11) is 0. The molecule has 2 atom stereocenters. The monoisotopic (exact) mass is 266 g/mol. The second-order valence-corrected chi connectivity index (χ2v) is 3.54. The standard InChI is InChI=1S/C7H8F6N2O2/c1-3(4(14)16)17-15-2-5(15,6(8,9)10)7(11,12)13/h3H,2H2,1H3,(H2,14,16)/t3-,15?/m1/s1. The molecule has 0 spiro atoms. The molecular weight excluding hydrogens is 258 g/mol. The Balaban J connectivity index is 2.85. The molecule has 2 N–H and O–H groups in total. The van der Waals surface area contributed by atoms with E-state index in [2.05, 4.69) is 10.6 Å². The first kappa shape index (κ1) is 14.0. The van der Waals surface area contributed by atoms with Gasteiger partial charge in [-0.15, -0.1) is 0 Å². The Bertz CT molecular complexity index is 311. The lowest BCUT2D eigenvalue weighted by Crippen LogP contribution is -2.50. The second-order valence-electron chi connectivity index (χ2n) is 3.54. The predicted molar refractivity (Wildman–Crippen MR) is 41.3 cm³/mol. The van der Waals surface area contributed by atoms with E-state index in [1.54, 1.807) is 0 Å². The van der Waals surface area contributed by atoms with Crippen molar-refractivity contribution in [2.24, 2.45) is 5.73 Å². The number of primary amides is 1. The summed E-state index contributed by atoms with van der Waals surface area (Å²) in [5, 5.41) is -0.331. The quantitative estimate of drug-likeness (QED) is 0.611. The van der Waals surface area contributed by atoms with Crippen LogP contribution >= 0.6 is 0 Å². The molecule has 1 fully saturated rings. The highest BCUT2D eigenvalue weighted by atomic mass is 19.4. The number of halogens is 6. The molecule has 1 saturated heterocycles. The zero-order chi connectivity index (χ0) is 13.6. The molecule has 17 heavy (non-hydrogen) atoms. The molecule has 1 rings (SSSR count). The number of amides is 1. The normalized spacial score (nSPS) is 25.5. The van der Waals surface area contributed by atoms with Crippen LogP contribution in [0.5, 0.6) is 0 Å². The highest BCUT2D eigenvalue weighted by molar-refractivity contribution is 5.78. The van der Waals surface area contributed by atoms with E-state index in [1.807, 2.05) is 0 Å². The van der Waals surface area contributed by atoms with Gasteiger partial charge in [0.1, 0.15) is 0 Å². The highest BCUT2D eigenvalue weighted by Gasteiger charge is 2.85. The lowest BCUT2D eigenvalue weighted by Gasteiger charge is -2.23. The third-order valence-corrected chi connectivity index (χ3v) is 2.32. The Morgan fingerprint density at radius 2 is 1.71 bits per heavy atom. The van der Waals surface area contributed by atoms with E-state index in [0.717, 1.165) is 6.92 Å². The number of nitrogens with two attached hydrogens (primary N) is 1. The fraction of sp³-hybridized carbons (Fsp3) is 0.857. The third kappa shape index (κ3) is 2.18. The maximum absolute atomic E-state index is 12.3. The largest absolute Gasteiger partial charge is 0.419 e. The van der Waals surface area contributed by atoms with Gasteiger partial charge in [0.25, 0.3) is 5.54 Å². The summed E-state index contributed by atoms with van der Waals surface area (Å²) >= 11 is 0. The molecule has 0 aromatic carbocycles. The van der Waals surface area contributed by atoms with Crippen molar-refractivity contribution in [3.8, 4) is 0 Å². The molecule has 0 radical (unpaired) electrons. The molecule has 100 valence electrons. The van der Waals surface area contributed by atoms with Gasteiger partial charge in [0.05, 0.1) is 6.54 Å². The van der Waals surface area contributed by atoms with E-state index in [0.29, 0.717) is 0 Å². The van der Waals surface area contributed by atoms with Crippen LogP contribution in [0.1, 0.15) is 6.92 Å². The lowest BCUT2D eigenvalue weighted by atomic mass is 10.1. The van der Waals surface area contributed by atoms with Crippen molar-refractivity contribution in [2.45, 2.75) is 30.9 Å². The molecular formula is C7H8F6N2O2. The van der Waals surface area contributed by atoms with E-state index in [-0.39, 0.29) is 5.06 Å². The van der Waals surface area contributed by atoms with Crippen LogP contribution in [0.3, 0.4) is 0 Å². The summed E-state index contributed by atoms with van der Waals surface area (Å²) in [6, 6.07) is 0. The molecule has 1 aliphatic heterocycles.